The zero-order valence-electron chi connectivity index (χ0n) is 11.2. The Kier molecular flexibility index (Phi) is 4.67. The molecule has 20 heavy (non-hydrogen) atoms. The summed E-state index contributed by atoms with van der Waals surface area (Å²) in [5.74, 6) is -1.41. The Hall–Kier alpha value is -1.53. The normalized spacial score (nSPS) is 23.6. The Balaban J connectivity index is 1.99. The second-order valence-corrected chi connectivity index (χ2v) is 4.96. The summed E-state index contributed by atoms with van der Waals surface area (Å²) in [6, 6.07) is 2.54. The third-order valence-electron chi connectivity index (χ3n) is 3.45. The maximum Gasteiger partial charge on any atom is 0.249 e. The summed E-state index contributed by atoms with van der Waals surface area (Å²) in [5, 5.41) is 2.64. The van der Waals surface area contributed by atoms with Crippen molar-refractivity contribution in [3.63, 3.8) is 0 Å². The molecule has 1 fully saturated rings. The van der Waals surface area contributed by atoms with E-state index in [2.05, 4.69) is 5.32 Å². The molecule has 0 aliphatic carbocycles. The standard InChI is InChI=1S/C14H18F2N2O2/c1-8(11-6-9(15)2-4-12(11)16)18-14(19)13-5-3-10(7-17)20-13/h2,4,6,8,10,13H,3,5,7,17H2,1H3,(H,18,19). The van der Waals surface area contributed by atoms with Crippen LogP contribution in [0.5, 0.6) is 0 Å². The van der Waals surface area contributed by atoms with Crippen LogP contribution in [0.25, 0.3) is 0 Å². The lowest BCUT2D eigenvalue weighted by Crippen LogP contribution is -2.37. The van der Waals surface area contributed by atoms with Crippen molar-refractivity contribution in [3.8, 4) is 0 Å². The van der Waals surface area contributed by atoms with Crippen LogP contribution in [0.2, 0.25) is 0 Å². The molecule has 6 heteroatoms. The molecule has 1 aliphatic rings. The van der Waals surface area contributed by atoms with Crippen LogP contribution in [0.15, 0.2) is 18.2 Å². The minimum atomic E-state index is -0.626. The molecule has 0 saturated carbocycles. The molecule has 3 N–H and O–H groups in total. The van der Waals surface area contributed by atoms with E-state index in [1.54, 1.807) is 6.92 Å². The summed E-state index contributed by atoms with van der Waals surface area (Å²) in [6.45, 7) is 1.98. The molecule has 3 unspecified atom stereocenters. The van der Waals surface area contributed by atoms with E-state index in [1.165, 1.54) is 0 Å². The summed E-state index contributed by atoms with van der Waals surface area (Å²) >= 11 is 0. The summed E-state index contributed by atoms with van der Waals surface area (Å²) < 4.78 is 32.2. The predicted octanol–water partition coefficient (Wildman–Crippen LogP) is 1.65. The Morgan fingerprint density at radius 3 is 2.90 bits per heavy atom. The van der Waals surface area contributed by atoms with E-state index in [4.69, 9.17) is 10.5 Å². The van der Waals surface area contributed by atoms with Gasteiger partial charge in [-0.15, -0.1) is 0 Å². The minimum Gasteiger partial charge on any atom is -0.364 e. The summed E-state index contributed by atoms with van der Waals surface area (Å²) in [5.41, 5.74) is 5.59. The first-order valence-corrected chi connectivity index (χ1v) is 6.62. The molecule has 0 radical (unpaired) electrons. The summed E-state index contributed by atoms with van der Waals surface area (Å²) in [4.78, 5) is 12.0. The van der Waals surface area contributed by atoms with Gasteiger partial charge in [-0.2, -0.15) is 0 Å². The second kappa shape index (κ2) is 6.28. The maximum absolute atomic E-state index is 13.6. The van der Waals surface area contributed by atoms with Crippen LogP contribution in [0.4, 0.5) is 8.78 Å². The quantitative estimate of drug-likeness (QED) is 0.883. The fraction of sp³-hybridized carbons (Fsp3) is 0.500. The van der Waals surface area contributed by atoms with Gasteiger partial charge in [0.25, 0.3) is 0 Å². The van der Waals surface area contributed by atoms with E-state index in [1.807, 2.05) is 0 Å². The topological polar surface area (TPSA) is 64.4 Å². The van der Waals surface area contributed by atoms with Crippen molar-refractivity contribution in [1.82, 2.24) is 5.32 Å². The molecule has 110 valence electrons. The zero-order chi connectivity index (χ0) is 14.7. The summed E-state index contributed by atoms with van der Waals surface area (Å²) in [6.07, 6.45) is 0.651. The van der Waals surface area contributed by atoms with E-state index in [-0.39, 0.29) is 17.6 Å². The van der Waals surface area contributed by atoms with Crippen LogP contribution in [0.1, 0.15) is 31.4 Å². The molecule has 4 nitrogen and oxygen atoms in total. The van der Waals surface area contributed by atoms with E-state index >= 15 is 0 Å². The van der Waals surface area contributed by atoms with Crippen molar-refractivity contribution < 1.29 is 18.3 Å². The van der Waals surface area contributed by atoms with E-state index in [0.717, 1.165) is 24.6 Å². The number of hydrogen-bond acceptors (Lipinski definition) is 3. The second-order valence-electron chi connectivity index (χ2n) is 4.96. The fourth-order valence-corrected chi connectivity index (χ4v) is 2.30. The highest BCUT2D eigenvalue weighted by atomic mass is 19.1. The van der Waals surface area contributed by atoms with Crippen LogP contribution in [0, 0.1) is 11.6 Å². The van der Waals surface area contributed by atoms with Gasteiger partial charge in [-0.1, -0.05) is 0 Å². The molecule has 0 aromatic heterocycles. The number of benzene rings is 1. The largest absolute Gasteiger partial charge is 0.364 e. The Labute approximate surface area is 116 Å². The number of nitrogens with one attached hydrogen (secondary N) is 1. The average Bonchev–Trinajstić information content (AvgIpc) is 2.90. The molecule has 0 bridgehead atoms. The first kappa shape index (κ1) is 14.9. The van der Waals surface area contributed by atoms with Gasteiger partial charge in [0.1, 0.15) is 17.7 Å². The Bertz CT molecular complexity index is 496. The highest BCUT2D eigenvalue weighted by Crippen LogP contribution is 2.22. The van der Waals surface area contributed by atoms with Crippen LogP contribution < -0.4 is 11.1 Å². The lowest BCUT2D eigenvalue weighted by molar-refractivity contribution is -0.132. The van der Waals surface area contributed by atoms with Gasteiger partial charge in [-0.25, -0.2) is 8.78 Å². The monoisotopic (exact) mass is 284 g/mol. The molecular weight excluding hydrogens is 266 g/mol. The van der Waals surface area contributed by atoms with Gasteiger partial charge in [0.2, 0.25) is 5.91 Å². The van der Waals surface area contributed by atoms with Crippen molar-refractivity contribution in [3.05, 3.63) is 35.4 Å². The molecule has 1 aliphatic heterocycles. The molecule has 1 amide bonds. The van der Waals surface area contributed by atoms with Gasteiger partial charge in [0.15, 0.2) is 0 Å². The van der Waals surface area contributed by atoms with Gasteiger partial charge < -0.3 is 15.8 Å². The van der Waals surface area contributed by atoms with Crippen molar-refractivity contribution >= 4 is 5.91 Å². The number of amides is 1. The first-order chi connectivity index (χ1) is 9.51. The average molecular weight is 284 g/mol. The molecule has 3 atom stereocenters. The lowest BCUT2D eigenvalue weighted by Gasteiger charge is -2.18. The van der Waals surface area contributed by atoms with Crippen LogP contribution in [0.3, 0.4) is 0 Å². The van der Waals surface area contributed by atoms with Crippen molar-refractivity contribution in [2.45, 2.75) is 38.0 Å². The van der Waals surface area contributed by atoms with Gasteiger partial charge in [-0.05, 0) is 38.0 Å². The first-order valence-electron chi connectivity index (χ1n) is 6.62. The van der Waals surface area contributed by atoms with E-state index in [9.17, 15) is 13.6 Å². The summed E-state index contributed by atoms with van der Waals surface area (Å²) in [7, 11) is 0. The Morgan fingerprint density at radius 1 is 1.50 bits per heavy atom. The van der Waals surface area contributed by atoms with Crippen molar-refractivity contribution in [2.24, 2.45) is 5.73 Å². The van der Waals surface area contributed by atoms with E-state index < -0.39 is 23.8 Å². The fourth-order valence-electron chi connectivity index (χ4n) is 2.30. The number of nitrogens with two attached hydrogens (primary N) is 1. The van der Waals surface area contributed by atoms with Gasteiger partial charge in [-0.3, -0.25) is 4.79 Å². The predicted molar refractivity (Wildman–Crippen MR) is 69.9 cm³/mol. The molecular formula is C14H18F2N2O2. The molecule has 0 spiro atoms. The van der Waals surface area contributed by atoms with Gasteiger partial charge >= 0.3 is 0 Å². The third kappa shape index (κ3) is 3.32. The van der Waals surface area contributed by atoms with Crippen LogP contribution in [-0.4, -0.2) is 24.7 Å². The molecule has 2 rings (SSSR count). The minimum absolute atomic E-state index is 0.105. The molecule has 1 saturated heterocycles. The lowest BCUT2D eigenvalue weighted by atomic mass is 10.1. The number of halogens is 2. The van der Waals surface area contributed by atoms with Crippen molar-refractivity contribution in [2.75, 3.05) is 6.54 Å². The maximum atomic E-state index is 13.6. The molecule has 1 aromatic carbocycles. The molecule has 1 heterocycles. The van der Waals surface area contributed by atoms with Gasteiger partial charge in [0.05, 0.1) is 12.1 Å². The SMILES string of the molecule is CC(NC(=O)C1CCC(CN)O1)c1cc(F)ccc1F. The molecule has 1 aromatic rings. The number of rotatable bonds is 4. The Morgan fingerprint density at radius 2 is 2.25 bits per heavy atom. The third-order valence-corrected chi connectivity index (χ3v) is 3.45. The van der Waals surface area contributed by atoms with Crippen LogP contribution in [-0.2, 0) is 9.53 Å². The van der Waals surface area contributed by atoms with E-state index in [0.29, 0.717) is 13.0 Å². The number of ether oxygens (including phenoxy) is 1. The number of hydrogen-bond donors (Lipinski definition) is 2. The number of carbonyl (C=O) groups is 1. The zero-order valence-corrected chi connectivity index (χ0v) is 11.2. The van der Waals surface area contributed by atoms with Crippen molar-refractivity contribution in [1.29, 1.82) is 0 Å². The highest BCUT2D eigenvalue weighted by molar-refractivity contribution is 5.81. The smallest absolute Gasteiger partial charge is 0.249 e. The van der Waals surface area contributed by atoms with Crippen LogP contribution >= 0.6 is 0 Å². The highest BCUT2D eigenvalue weighted by Gasteiger charge is 2.30. The number of carbonyl (C=O) groups excluding carboxylic acids is 1. The van der Waals surface area contributed by atoms with Gasteiger partial charge in [0, 0.05) is 12.1 Å².